The molecule has 0 radical (unpaired) electrons. The maximum absolute atomic E-state index is 12.9. The number of halogens is 3. The van der Waals surface area contributed by atoms with Gasteiger partial charge in [-0.15, -0.1) is 0 Å². The highest BCUT2D eigenvalue weighted by Crippen LogP contribution is 2.34. The minimum atomic E-state index is -4.48. The molecule has 11 heteroatoms. The molecule has 0 aromatic heterocycles. The molecular weight excluding hydrogens is 459 g/mol. The zero-order valence-electron chi connectivity index (χ0n) is 17.7. The number of alkyl halides is 3. The van der Waals surface area contributed by atoms with Crippen molar-refractivity contribution in [1.29, 1.82) is 0 Å². The van der Waals surface area contributed by atoms with E-state index >= 15 is 0 Å². The van der Waals surface area contributed by atoms with E-state index in [9.17, 15) is 22.8 Å². The van der Waals surface area contributed by atoms with Gasteiger partial charge in [-0.3, -0.25) is 9.59 Å². The van der Waals surface area contributed by atoms with Crippen LogP contribution in [0.15, 0.2) is 52.4 Å². The summed E-state index contributed by atoms with van der Waals surface area (Å²) < 4.78 is 49.4. The molecule has 0 aliphatic carbocycles. The first-order valence-electron chi connectivity index (χ1n) is 9.74. The van der Waals surface area contributed by atoms with Crippen LogP contribution in [0.1, 0.15) is 18.1 Å². The molecule has 0 unspecified atom stereocenters. The van der Waals surface area contributed by atoms with Gasteiger partial charge in [0.05, 0.1) is 23.3 Å². The van der Waals surface area contributed by atoms with Crippen molar-refractivity contribution in [3.8, 4) is 11.5 Å². The van der Waals surface area contributed by atoms with Gasteiger partial charge in [0.25, 0.3) is 11.8 Å². The number of nitrogens with one attached hydrogen (secondary N) is 2. The first-order valence-corrected chi connectivity index (χ1v) is 10.6. The summed E-state index contributed by atoms with van der Waals surface area (Å²) in [7, 11) is 1.45. The zero-order valence-corrected chi connectivity index (χ0v) is 18.5. The number of amides is 2. The van der Waals surface area contributed by atoms with E-state index in [-0.39, 0.29) is 23.4 Å². The van der Waals surface area contributed by atoms with E-state index in [0.717, 1.165) is 23.9 Å². The molecule has 0 bridgehead atoms. The monoisotopic (exact) mass is 479 g/mol. The van der Waals surface area contributed by atoms with Gasteiger partial charge in [0.2, 0.25) is 0 Å². The second kappa shape index (κ2) is 10.4. The number of methoxy groups -OCH3 is 1. The summed E-state index contributed by atoms with van der Waals surface area (Å²) in [6.45, 7) is 2.12. The van der Waals surface area contributed by atoms with Crippen LogP contribution in [-0.4, -0.2) is 37.2 Å². The summed E-state index contributed by atoms with van der Waals surface area (Å²) in [5, 5.41) is 5.33. The number of carbonyl (C=O) groups is 2. The molecule has 174 valence electrons. The Kier molecular flexibility index (Phi) is 7.64. The molecule has 7 nitrogen and oxygen atoms in total. The molecule has 1 aliphatic rings. The van der Waals surface area contributed by atoms with Crippen molar-refractivity contribution in [3.63, 3.8) is 0 Å². The highest BCUT2D eigenvalue weighted by molar-refractivity contribution is 8.18. The van der Waals surface area contributed by atoms with Crippen LogP contribution >= 0.6 is 11.8 Å². The molecule has 3 rings (SSSR count). The average Bonchev–Trinajstić information content (AvgIpc) is 3.10. The number of benzene rings is 2. The summed E-state index contributed by atoms with van der Waals surface area (Å²) in [6, 6.07) is 9.45. The molecule has 2 amide bonds. The largest absolute Gasteiger partial charge is 0.493 e. The molecular formula is C22H20F3N3O4S. The third-order valence-electron chi connectivity index (χ3n) is 4.27. The van der Waals surface area contributed by atoms with Crippen molar-refractivity contribution < 1.29 is 32.2 Å². The Morgan fingerprint density at radius 2 is 2.00 bits per heavy atom. The standard InChI is InChI=1S/C22H20F3N3O4S/c1-3-26-19(29)12-32-16-8-7-13(9-17(16)31-2)10-18-20(30)28-21(33-18)27-15-6-4-5-14(11-15)22(23,24)25/h4-11H,3,12H2,1-2H3,(H,26,29)(H,27,28,30)/b18-10-. The van der Waals surface area contributed by atoms with Crippen LogP contribution in [0, 0.1) is 0 Å². The fourth-order valence-electron chi connectivity index (χ4n) is 2.79. The van der Waals surface area contributed by atoms with E-state index in [0.29, 0.717) is 28.5 Å². The number of nitrogens with zero attached hydrogens (tertiary/aromatic N) is 1. The number of aliphatic imine (C=N–C) groups is 1. The molecule has 33 heavy (non-hydrogen) atoms. The summed E-state index contributed by atoms with van der Waals surface area (Å²) in [5.74, 6) is 0.0368. The molecule has 1 saturated heterocycles. The van der Waals surface area contributed by atoms with Crippen molar-refractivity contribution in [1.82, 2.24) is 10.6 Å². The second-order valence-corrected chi connectivity index (χ2v) is 7.71. The zero-order chi connectivity index (χ0) is 24.0. The topological polar surface area (TPSA) is 89.0 Å². The van der Waals surface area contributed by atoms with Gasteiger partial charge in [-0.2, -0.15) is 13.2 Å². The first kappa shape index (κ1) is 24.2. The molecule has 1 heterocycles. The lowest BCUT2D eigenvalue weighted by molar-refractivity contribution is -0.137. The quantitative estimate of drug-likeness (QED) is 0.584. The molecule has 1 fully saturated rings. The van der Waals surface area contributed by atoms with Crippen LogP contribution in [0.25, 0.3) is 6.08 Å². The lowest BCUT2D eigenvalue weighted by Crippen LogP contribution is -2.28. The average molecular weight is 479 g/mol. The second-order valence-electron chi connectivity index (χ2n) is 6.68. The SMILES string of the molecule is CCNC(=O)COc1ccc(/C=C2\SC(=Nc3cccc(C(F)(F)F)c3)NC2=O)cc1OC. The van der Waals surface area contributed by atoms with E-state index in [1.54, 1.807) is 31.2 Å². The van der Waals surface area contributed by atoms with E-state index < -0.39 is 17.6 Å². The highest BCUT2D eigenvalue weighted by Gasteiger charge is 2.30. The Bertz CT molecular complexity index is 1120. The minimum Gasteiger partial charge on any atom is -0.493 e. The van der Waals surface area contributed by atoms with Gasteiger partial charge in [0.15, 0.2) is 23.3 Å². The van der Waals surface area contributed by atoms with Crippen LogP contribution in [0.3, 0.4) is 0 Å². The third-order valence-corrected chi connectivity index (χ3v) is 5.18. The van der Waals surface area contributed by atoms with Crippen LogP contribution in [-0.2, 0) is 15.8 Å². The maximum Gasteiger partial charge on any atom is 0.416 e. The maximum atomic E-state index is 12.9. The van der Waals surface area contributed by atoms with E-state index in [4.69, 9.17) is 9.47 Å². The number of likely N-dealkylation sites (N-methyl/N-ethyl adjacent to an activating group) is 1. The lowest BCUT2D eigenvalue weighted by atomic mass is 10.2. The van der Waals surface area contributed by atoms with E-state index in [1.807, 2.05) is 0 Å². The van der Waals surface area contributed by atoms with Crippen molar-refractivity contribution >= 4 is 40.5 Å². The molecule has 2 aromatic rings. The van der Waals surface area contributed by atoms with E-state index in [1.165, 1.54) is 19.2 Å². The Morgan fingerprint density at radius 3 is 2.70 bits per heavy atom. The van der Waals surface area contributed by atoms with Crippen LogP contribution in [0.5, 0.6) is 11.5 Å². The normalized spacial score (nSPS) is 16.1. The Balaban J connectivity index is 1.75. The smallest absolute Gasteiger partial charge is 0.416 e. The number of hydrogen-bond donors (Lipinski definition) is 2. The number of thioether (sulfide) groups is 1. The van der Waals surface area contributed by atoms with Crippen molar-refractivity contribution in [3.05, 3.63) is 58.5 Å². The van der Waals surface area contributed by atoms with Crippen molar-refractivity contribution in [2.24, 2.45) is 4.99 Å². The highest BCUT2D eigenvalue weighted by atomic mass is 32.2. The van der Waals surface area contributed by atoms with Gasteiger partial charge in [-0.1, -0.05) is 12.1 Å². The van der Waals surface area contributed by atoms with Gasteiger partial charge >= 0.3 is 6.18 Å². The summed E-state index contributed by atoms with van der Waals surface area (Å²) in [6.07, 6.45) is -2.90. The Morgan fingerprint density at radius 1 is 1.21 bits per heavy atom. The van der Waals surface area contributed by atoms with Crippen molar-refractivity contribution in [2.45, 2.75) is 13.1 Å². The van der Waals surface area contributed by atoms with Gasteiger partial charge in [0.1, 0.15) is 0 Å². The Hall–Kier alpha value is -3.47. The van der Waals surface area contributed by atoms with Crippen molar-refractivity contribution in [2.75, 3.05) is 20.3 Å². The van der Waals surface area contributed by atoms with Crippen LogP contribution < -0.4 is 20.1 Å². The number of amidine groups is 1. The number of carbonyl (C=O) groups excluding carboxylic acids is 2. The predicted octanol–water partition coefficient (Wildman–Crippen LogP) is 4.12. The first-order chi connectivity index (χ1) is 15.7. The molecule has 1 aliphatic heterocycles. The molecule has 2 aromatic carbocycles. The molecule has 2 N–H and O–H groups in total. The van der Waals surface area contributed by atoms with Gasteiger partial charge < -0.3 is 20.1 Å². The van der Waals surface area contributed by atoms with Crippen LogP contribution in [0.4, 0.5) is 18.9 Å². The number of ether oxygens (including phenoxy) is 2. The third kappa shape index (κ3) is 6.51. The minimum absolute atomic E-state index is 0.0733. The fraction of sp³-hybridized carbons (Fsp3) is 0.227. The van der Waals surface area contributed by atoms with Gasteiger partial charge in [-0.25, -0.2) is 4.99 Å². The lowest BCUT2D eigenvalue weighted by Gasteiger charge is -2.11. The fourth-order valence-corrected chi connectivity index (χ4v) is 3.63. The summed E-state index contributed by atoms with van der Waals surface area (Å²) in [5.41, 5.74) is -0.129. The molecule has 0 saturated carbocycles. The number of hydrogen-bond acceptors (Lipinski definition) is 6. The number of rotatable bonds is 7. The Labute approximate surface area is 192 Å². The van der Waals surface area contributed by atoms with Gasteiger partial charge in [-0.05, 0) is 60.7 Å². The predicted molar refractivity (Wildman–Crippen MR) is 119 cm³/mol. The van der Waals surface area contributed by atoms with Gasteiger partial charge in [0, 0.05) is 6.54 Å². The summed E-state index contributed by atoms with van der Waals surface area (Å²) >= 11 is 1.00. The molecule has 0 spiro atoms. The summed E-state index contributed by atoms with van der Waals surface area (Å²) in [4.78, 5) is 28.3. The molecule has 0 atom stereocenters. The van der Waals surface area contributed by atoms with E-state index in [2.05, 4.69) is 15.6 Å². The van der Waals surface area contributed by atoms with Crippen LogP contribution in [0.2, 0.25) is 0 Å².